The predicted molar refractivity (Wildman–Crippen MR) is 207 cm³/mol. The van der Waals surface area contributed by atoms with Crippen LogP contribution in [0, 0.1) is 0 Å². The highest BCUT2D eigenvalue weighted by Crippen LogP contribution is 2.18. The molecule has 0 saturated carbocycles. The molecule has 0 amide bonds. The van der Waals surface area contributed by atoms with Gasteiger partial charge in [-0.3, -0.25) is 0 Å². The zero-order valence-corrected chi connectivity index (χ0v) is 32.9. The molecule has 0 fully saturated rings. The molecule has 0 aromatic heterocycles. The smallest absolute Gasteiger partial charge is 0.211 e. The van der Waals surface area contributed by atoms with Gasteiger partial charge in [0.15, 0.2) is 0 Å². The Morgan fingerprint density at radius 2 is 0.489 bits per heavy atom. The van der Waals surface area contributed by atoms with Crippen molar-refractivity contribution < 1.29 is 4.79 Å². The van der Waals surface area contributed by atoms with E-state index in [0.717, 1.165) is 12.5 Å². The molecule has 0 N–H and O–H groups in total. The van der Waals surface area contributed by atoms with Crippen LogP contribution < -0.4 is 0 Å². The van der Waals surface area contributed by atoms with E-state index in [0.29, 0.717) is 6.54 Å². The van der Waals surface area contributed by atoms with Crippen molar-refractivity contribution in [1.82, 2.24) is 0 Å². The molecule has 0 aromatic rings. The summed E-state index contributed by atoms with van der Waals surface area (Å²) in [6.45, 7) is 0.667. The first-order chi connectivity index (χ1) is 22.3. The van der Waals surface area contributed by atoms with E-state index < -0.39 is 7.42 Å². The summed E-state index contributed by atoms with van der Waals surface area (Å²) in [6, 6.07) is 1.10. The normalized spacial score (nSPS) is 11.4. The Morgan fingerprint density at radius 1 is 0.311 bits per heavy atom. The Hall–Kier alpha value is 0.177. The highest BCUT2D eigenvalue weighted by molar-refractivity contribution is 7.33. The van der Waals surface area contributed by atoms with Crippen LogP contribution in [0.4, 0.5) is 0 Å². The van der Waals surface area contributed by atoms with Gasteiger partial charge in [0.25, 0.3) is 0 Å². The number of aliphatic imine (C=N–C) groups is 1. The molecular formula is C40H79Cl2NOSi. The van der Waals surface area contributed by atoms with Gasteiger partial charge in [0.05, 0.1) is 6.54 Å². The van der Waals surface area contributed by atoms with Gasteiger partial charge >= 0.3 is 0 Å². The molecule has 0 unspecified atom stereocenters. The number of rotatable bonds is 40. The fourth-order valence-electron chi connectivity index (χ4n) is 6.72. The molecule has 0 heterocycles. The summed E-state index contributed by atoms with van der Waals surface area (Å²) in [4.78, 5) is 13.6. The lowest BCUT2D eigenvalue weighted by Gasteiger charge is -2.05. The third-order valence-electron chi connectivity index (χ3n) is 9.76. The zero-order chi connectivity index (χ0) is 32.6. The van der Waals surface area contributed by atoms with E-state index >= 15 is 0 Å². The summed E-state index contributed by atoms with van der Waals surface area (Å²) in [6.07, 6.45) is 54.1. The van der Waals surface area contributed by atoms with Crippen LogP contribution in [0.2, 0.25) is 6.04 Å². The van der Waals surface area contributed by atoms with Crippen LogP contribution in [-0.2, 0) is 4.79 Å². The summed E-state index contributed by atoms with van der Waals surface area (Å²) in [5.41, 5.74) is 0. The van der Waals surface area contributed by atoms with Crippen molar-refractivity contribution in [1.29, 1.82) is 0 Å². The lowest BCUT2D eigenvalue weighted by molar-refractivity contribution is 0.510. The topological polar surface area (TPSA) is 29.4 Å². The number of unbranched alkanes of at least 4 members (excludes halogenated alkanes) is 36. The fraction of sp³-hybridized carbons (Fsp3) is 0.975. The van der Waals surface area contributed by atoms with Crippen LogP contribution in [0.25, 0.3) is 0 Å². The van der Waals surface area contributed by atoms with Crippen LogP contribution in [0.3, 0.4) is 0 Å². The van der Waals surface area contributed by atoms with E-state index in [1.807, 2.05) is 0 Å². The third-order valence-corrected chi connectivity index (χ3v) is 11.9. The average molecular weight is 689 g/mol. The maximum atomic E-state index is 10.0. The van der Waals surface area contributed by atoms with E-state index in [4.69, 9.17) is 22.2 Å². The second-order valence-corrected chi connectivity index (χ2v) is 19.4. The maximum Gasteiger partial charge on any atom is 0.237 e. The Kier molecular flexibility index (Phi) is 42.4. The SMILES string of the molecule is O=C=NCCCCCCCCCCCCCCCCCCCCCCCCCCCCCCCCCCCCCCC[SiH](Cl)Cl. The number of carbonyl (C=O) groups excluding carboxylic acids is 1. The van der Waals surface area contributed by atoms with E-state index in [2.05, 4.69) is 4.99 Å². The molecule has 2 nitrogen and oxygen atoms in total. The second kappa shape index (κ2) is 42.2. The molecule has 0 aliphatic rings. The van der Waals surface area contributed by atoms with E-state index in [9.17, 15) is 4.79 Å². The minimum absolute atomic E-state index is 0.667. The fourth-order valence-corrected chi connectivity index (χ4v) is 8.25. The van der Waals surface area contributed by atoms with E-state index in [1.165, 1.54) is 231 Å². The Morgan fingerprint density at radius 3 is 0.667 bits per heavy atom. The van der Waals surface area contributed by atoms with E-state index in [1.54, 1.807) is 6.08 Å². The summed E-state index contributed by atoms with van der Waals surface area (Å²) < 4.78 is 0. The van der Waals surface area contributed by atoms with Crippen LogP contribution in [0.15, 0.2) is 4.99 Å². The lowest BCUT2D eigenvalue weighted by atomic mass is 10.0. The van der Waals surface area contributed by atoms with Gasteiger partial charge in [-0.2, -0.15) is 22.2 Å². The van der Waals surface area contributed by atoms with Crippen molar-refractivity contribution in [2.24, 2.45) is 4.99 Å². The summed E-state index contributed by atoms with van der Waals surface area (Å²) >= 11 is 11.8. The predicted octanol–water partition coefficient (Wildman–Crippen LogP) is 15.5. The minimum atomic E-state index is -1.34. The molecule has 0 radical (unpaired) electrons. The zero-order valence-electron chi connectivity index (χ0n) is 30.3. The van der Waals surface area contributed by atoms with Gasteiger partial charge in [0, 0.05) is 0 Å². The Labute approximate surface area is 294 Å². The highest BCUT2D eigenvalue weighted by Gasteiger charge is 2.01. The molecule has 5 heteroatoms. The number of isocyanates is 1. The number of nitrogens with zero attached hydrogens (tertiary/aromatic N) is 1. The summed E-state index contributed by atoms with van der Waals surface area (Å²) in [7, 11) is -1.34. The highest BCUT2D eigenvalue weighted by atomic mass is 35.7. The van der Waals surface area contributed by atoms with Gasteiger partial charge in [0.2, 0.25) is 13.5 Å². The van der Waals surface area contributed by atoms with Gasteiger partial charge < -0.3 is 0 Å². The van der Waals surface area contributed by atoms with Crippen molar-refractivity contribution in [2.45, 2.75) is 244 Å². The molecule has 0 bridgehead atoms. The van der Waals surface area contributed by atoms with Crippen LogP contribution in [-0.4, -0.2) is 20.0 Å². The van der Waals surface area contributed by atoms with Crippen molar-refractivity contribution in [2.75, 3.05) is 6.54 Å². The number of hydrogen-bond acceptors (Lipinski definition) is 2. The van der Waals surface area contributed by atoms with Crippen LogP contribution in [0.5, 0.6) is 0 Å². The molecule has 0 spiro atoms. The molecule has 0 aliphatic heterocycles. The standard InChI is InChI=1S/C40H79Cl2NOSi/c41-45(42)39-37-35-33-31-29-27-25-23-21-19-17-15-13-11-9-7-5-3-1-2-4-6-8-10-12-14-16-18-20-22-24-26-28-30-32-34-36-38-43-40-44/h45H,1-39H2. The van der Waals surface area contributed by atoms with Crippen molar-refractivity contribution in [3.8, 4) is 0 Å². The van der Waals surface area contributed by atoms with Gasteiger partial charge in [-0.15, -0.1) is 0 Å². The first-order valence-corrected chi connectivity index (χ1v) is 24.9. The molecular weight excluding hydrogens is 609 g/mol. The number of halogens is 2. The van der Waals surface area contributed by atoms with Gasteiger partial charge in [-0.25, -0.2) is 9.79 Å². The molecule has 0 atom stereocenters. The largest absolute Gasteiger partial charge is 0.237 e. The van der Waals surface area contributed by atoms with Crippen molar-refractivity contribution >= 4 is 35.7 Å². The molecule has 0 aromatic carbocycles. The average Bonchev–Trinajstić information content (AvgIpc) is 3.03. The molecule has 45 heavy (non-hydrogen) atoms. The Balaban J connectivity index is 3.04. The molecule has 0 saturated heterocycles. The van der Waals surface area contributed by atoms with E-state index in [-0.39, 0.29) is 0 Å². The van der Waals surface area contributed by atoms with Crippen molar-refractivity contribution in [3.05, 3.63) is 0 Å². The van der Waals surface area contributed by atoms with Gasteiger partial charge in [-0.1, -0.05) is 231 Å². The summed E-state index contributed by atoms with van der Waals surface area (Å²) in [5.74, 6) is 0. The van der Waals surface area contributed by atoms with Gasteiger partial charge in [-0.05, 0) is 12.5 Å². The minimum Gasteiger partial charge on any atom is -0.211 e. The quantitative estimate of drug-likeness (QED) is 0.0207. The van der Waals surface area contributed by atoms with Gasteiger partial charge in [0.1, 0.15) is 0 Å². The van der Waals surface area contributed by atoms with Crippen LogP contribution in [0.1, 0.15) is 238 Å². The summed E-state index contributed by atoms with van der Waals surface area (Å²) in [5, 5.41) is 0. The monoisotopic (exact) mass is 688 g/mol. The molecule has 0 aliphatic carbocycles. The maximum absolute atomic E-state index is 10.0. The van der Waals surface area contributed by atoms with Crippen molar-refractivity contribution in [3.63, 3.8) is 0 Å². The second-order valence-electron chi connectivity index (χ2n) is 14.2. The number of hydrogen-bond donors (Lipinski definition) is 0. The first-order valence-electron chi connectivity index (χ1n) is 20.6. The Bertz CT molecular complexity index is 585. The lowest BCUT2D eigenvalue weighted by Crippen LogP contribution is -1.91. The molecule has 0 rings (SSSR count). The third kappa shape index (κ3) is 44.2. The first kappa shape index (κ1) is 45.2. The van der Waals surface area contributed by atoms with Crippen LogP contribution >= 0.6 is 22.2 Å². The molecule has 268 valence electrons.